The molecule has 1 aromatic heterocycles. The van der Waals surface area contributed by atoms with Gasteiger partial charge in [0, 0.05) is 26.5 Å². The van der Waals surface area contributed by atoms with Gasteiger partial charge >= 0.3 is 29.8 Å². The maximum Gasteiger partial charge on any atom is 0.389 e. The van der Waals surface area contributed by atoms with Crippen molar-refractivity contribution in [1.82, 2.24) is 9.97 Å². The Morgan fingerprint density at radius 1 is 1.14 bits per heavy atom. The van der Waals surface area contributed by atoms with Crippen LogP contribution in [0.4, 0.5) is 24.7 Å². The molecular formula is C18H20ClF3N4O9S. The predicted molar refractivity (Wildman–Crippen MR) is 115 cm³/mol. The number of nitrogens with zero attached hydrogens (tertiary/aromatic N) is 3. The first kappa shape index (κ1) is 29.3. The minimum absolute atomic E-state index is 0.313. The highest BCUT2D eigenvalue weighted by molar-refractivity contribution is 7.99. The molecule has 0 amide bonds. The van der Waals surface area contributed by atoms with Gasteiger partial charge in [-0.15, -0.1) is 0 Å². The average Bonchev–Trinajstić information content (AvgIpc) is 3.00. The Kier molecular flexibility index (Phi) is 10.1. The van der Waals surface area contributed by atoms with Crippen molar-refractivity contribution in [2.45, 2.75) is 63.1 Å². The van der Waals surface area contributed by atoms with Crippen LogP contribution in [0.1, 0.15) is 27.2 Å². The van der Waals surface area contributed by atoms with Gasteiger partial charge in [-0.05, 0) is 0 Å². The van der Waals surface area contributed by atoms with E-state index < -0.39 is 89.0 Å². The number of rotatable bonds is 10. The van der Waals surface area contributed by atoms with Crippen LogP contribution in [0, 0.1) is 10.1 Å². The third-order valence-electron chi connectivity index (χ3n) is 4.26. The largest absolute Gasteiger partial charge is 0.463 e. The van der Waals surface area contributed by atoms with Crippen LogP contribution in [0.2, 0.25) is 5.15 Å². The number of hydrogen-bond donors (Lipinski definition) is 1. The maximum absolute atomic E-state index is 12.5. The molecule has 1 aliphatic rings. The predicted octanol–water partition coefficient (Wildman–Crippen LogP) is 2.65. The van der Waals surface area contributed by atoms with Crippen molar-refractivity contribution in [2.24, 2.45) is 0 Å². The third kappa shape index (κ3) is 8.63. The van der Waals surface area contributed by atoms with Crippen molar-refractivity contribution in [3.05, 3.63) is 15.3 Å². The summed E-state index contributed by atoms with van der Waals surface area (Å²) in [4.78, 5) is 52.7. The summed E-state index contributed by atoms with van der Waals surface area (Å²) in [7, 11) is 0. The van der Waals surface area contributed by atoms with Gasteiger partial charge in [-0.1, -0.05) is 23.4 Å². The van der Waals surface area contributed by atoms with Gasteiger partial charge in [-0.25, -0.2) is 4.98 Å². The lowest BCUT2D eigenvalue weighted by atomic mass is 10.1. The number of nitro groups is 1. The Morgan fingerprint density at radius 3 is 2.28 bits per heavy atom. The smallest absolute Gasteiger partial charge is 0.389 e. The molecule has 0 aliphatic carbocycles. The van der Waals surface area contributed by atoms with Crippen LogP contribution in [0.25, 0.3) is 0 Å². The lowest BCUT2D eigenvalue weighted by Crippen LogP contribution is -2.43. The molecule has 1 aliphatic heterocycles. The lowest BCUT2D eigenvalue weighted by Gasteiger charge is -2.23. The molecule has 1 fully saturated rings. The normalized spacial score (nSPS) is 21.5. The second kappa shape index (κ2) is 12.4. The molecule has 0 aromatic carbocycles. The van der Waals surface area contributed by atoms with Gasteiger partial charge in [0.25, 0.3) is 0 Å². The van der Waals surface area contributed by atoms with Crippen molar-refractivity contribution < 1.29 is 51.4 Å². The van der Waals surface area contributed by atoms with Gasteiger partial charge in [0.2, 0.25) is 11.0 Å². The number of aromatic nitrogens is 2. The fraction of sp³-hybridized carbons (Fsp3) is 0.611. The number of alkyl halides is 3. The molecule has 2 rings (SSSR count). The summed E-state index contributed by atoms with van der Waals surface area (Å²) in [5, 5.41) is 13.1. The molecule has 0 spiro atoms. The van der Waals surface area contributed by atoms with Gasteiger partial charge in [-0.2, -0.15) is 18.2 Å². The Labute approximate surface area is 210 Å². The van der Waals surface area contributed by atoms with Crippen LogP contribution < -0.4 is 5.32 Å². The van der Waals surface area contributed by atoms with Crippen LogP contribution in [0.5, 0.6) is 0 Å². The van der Waals surface area contributed by atoms with E-state index in [2.05, 4.69) is 15.3 Å². The number of halogens is 4. The Balaban J connectivity index is 2.40. The molecule has 200 valence electrons. The minimum Gasteiger partial charge on any atom is -0.463 e. The van der Waals surface area contributed by atoms with Gasteiger partial charge in [-0.3, -0.25) is 24.5 Å². The Bertz CT molecular complexity index is 1020. The maximum atomic E-state index is 12.5. The molecule has 13 nitrogen and oxygen atoms in total. The van der Waals surface area contributed by atoms with E-state index in [1.165, 1.54) is 0 Å². The number of hydrogen-bond acceptors (Lipinski definition) is 13. The van der Waals surface area contributed by atoms with E-state index in [1.807, 2.05) is 0 Å². The first-order valence-corrected chi connectivity index (χ1v) is 11.4. The fourth-order valence-electron chi connectivity index (χ4n) is 2.96. The number of anilines is 1. The topological polar surface area (TPSA) is 169 Å². The number of thioether (sulfide) groups is 1. The van der Waals surface area contributed by atoms with Gasteiger partial charge in [0.1, 0.15) is 12.7 Å². The molecule has 2 heterocycles. The highest BCUT2D eigenvalue weighted by atomic mass is 35.5. The molecule has 18 heteroatoms. The van der Waals surface area contributed by atoms with E-state index in [0.717, 1.165) is 20.8 Å². The summed E-state index contributed by atoms with van der Waals surface area (Å²) in [6.45, 7) is 2.78. The second-order valence-electron chi connectivity index (χ2n) is 7.16. The third-order valence-corrected chi connectivity index (χ3v) is 5.38. The minimum atomic E-state index is -4.45. The molecular weight excluding hydrogens is 541 g/mol. The molecule has 1 N–H and O–H groups in total. The second-order valence-corrected chi connectivity index (χ2v) is 8.58. The van der Waals surface area contributed by atoms with E-state index in [-0.39, 0.29) is 5.16 Å². The zero-order valence-corrected chi connectivity index (χ0v) is 20.4. The Hall–Kier alpha value is -2.92. The standard InChI is InChI=1S/C18H20ClF3N4O9S/c1-7(27)32-6-10-12(33-8(2)28)13(34-9(3)29)16(35-10)24-15-11(26(30)31)14(19)23-17(25-15)36-5-4-18(20,21)22/h10,12-13,16H,4-6H2,1-3H3,(H,23,24,25)/t10-,12+,13-,16-/m1/s1. The van der Waals surface area contributed by atoms with Crippen LogP contribution in [-0.2, 0) is 33.3 Å². The van der Waals surface area contributed by atoms with Gasteiger partial charge in [0.05, 0.1) is 11.3 Å². The lowest BCUT2D eigenvalue weighted by molar-refractivity contribution is -0.384. The summed E-state index contributed by atoms with van der Waals surface area (Å²) < 4.78 is 58.3. The van der Waals surface area contributed by atoms with Crippen LogP contribution in [-0.4, -0.2) is 75.9 Å². The zero-order chi connectivity index (χ0) is 27.2. The molecule has 4 atom stereocenters. The number of esters is 3. The van der Waals surface area contributed by atoms with E-state index in [1.54, 1.807) is 0 Å². The number of carbonyl (C=O) groups excluding carboxylic acids is 3. The van der Waals surface area contributed by atoms with E-state index in [0.29, 0.717) is 11.8 Å². The quantitative estimate of drug-likeness (QED) is 0.0843. The van der Waals surface area contributed by atoms with Crippen LogP contribution in [0.15, 0.2) is 5.16 Å². The summed E-state index contributed by atoms with van der Waals surface area (Å²) in [6.07, 6.45) is -11.0. The molecule has 0 bridgehead atoms. The van der Waals surface area contributed by atoms with E-state index in [9.17, 15) is 37.7 Å². The monoisotopic (exact) mass is 560 g/mol. The van der Waals surface area contributed by atoms with E-state index >= 15 is 0 Å². The molecule has 0 saturated carbocycles. The molecule has 0 unspecified atom stereocenters. The van der Waals surface area contributed by atoms with Crippen molar-refractivity contribution in [3.63, 3.8) is 0 Å². The molecule has 0 radical (unpaired) electrons. The summed E-state index contributed by atoms with van der Waals surface area (Å²) >= 11 is 6.44. The summed E-state index contributed by atoms with van der Waals surface area (Å²) in [6, 6.07) is 0. The van der Waals surface area contributed by atoms with Gasteiger partial charge in [0.15, 0.2) is 23.6 Å². The highest BCUT2D eigenvalue weighted by Gasteiger charge is 2.50. The molecule has 1 saturated heterocycles. The summed E-state index contributed by atoms with van der Waals surface area (Å²) in [5.74, 6) is -3.38. The SMILES string of the molecule is CC(=O)OC[C@H]1O[C@@H](Nc2nc(SCCC(F)(F)F)nc(Cl)c2[N+](=O)[O-])[C@H](OC(C)=O)[C@H]1OC(C)=O. The van der Waals surface area contributed by atoms with Crippen molar-refractivity contribution in [2.75, 3.05) is 17.7 Å². The average molecular weight is 561 g/mol. The van der Waals surface area contributed by atoms with Crippen LogP contribution >= 0.6 is 23.4 Å². The van der Waals surface area contributed by atoms with E-state index in [4.69, 9.17) is 30.5 Å². The van der Waals surface area contributed by atoms with Crippen molar-refractivity contribution >= 4 is 52.8 Å². The highest BCUT2D eigenvalue weighted by Crippen LogP contribution is 2.36. The van der Waals surface area contributed by atoms with Crippen molar-refractivity contribution in [3.8, 4) is 0 Å². The van der Waals surface area contributed by atoms with Gasteiger partial charge < -0.3 is 24.3 Å². The Morgan fingerprint density at radius 2 is 1.75 bits per heavy atom. The zero-order valence-electron chi connectivity index (χ0n) is 18.9. The molecule has 1 aromatic rings. The first-order chi connectivity index (χ1) is 16.7. The van der Waals surface area contributed by atoms with Crippen LogP contribution in [0.3, 0.4) is 0 Å². The summed E-state index contributed by atoms with van der Waals surface area (Å²) in [5.41, 5.74) is -0.838. The first-order valence-electron chi connectivity index (χ1n) is 9.99. The molecule has 36 heavy (non-hydrogen) atoms. The fourth-order valence-corrected chi connectivity index (χ4v) is 4.08. The number of carbonyl (C=O) groups is 3. The van der Waals surface area contributed by atoms with Crippen molar-refractivity contribution in [1.29, 1.82) is 0 Å². The number of nitrogens with one attached hydrogen (secondary N) is 1. The number of ether oxygens (including phenoxy) is 4.